The molecule has 1 aromatic heterocycles. The molecule has 0 aliphatic carbocycles. The number of hydrogen-bond donors (Lipinski definition) is 0. The predicted molar refractivity (Wildman–Crippen MR) is 45.2 cm³/mol. The summed E-state index contributed by atoms with van der Waals surface area (Å²) in [6, 6.07) is 0. The Morgan fingerprint density at radius 1 is 1.73 bits per heavy atom. The van der Waals surface area contributed by atoms with Crippen molar-refractivity contribution in [2.24, 2.45) is 0 Å². The highest BCUT2D eigenvalue weighted by Gasteiger charge is 1.85. The zero-order valence-corrected chi connectivity index (χ0v) is 6.58. The molecule has 0 saturated heterocycles. The van der Waals surface area contributed by atoms with Crippen LogP contribution in [0.5, 0.6) is 0 Å². The molecule has 11 heavy (non-hydrogen) atoms. The van der Waals surface area contributed by atoms with Gasteiger partial charge in [0.2, 0.25) is 0 Å². The molecule has 1 heterocycles. The fourth-order valence-corrected chi connectivity index (χ4v) is 0.839. The summed E-state index contributed by atoms with van der Waals surface area (Å²) < 4.78 is 5.11. The quantitative estimate of drug-likeness (QED) is 0.622. The Balaban J connectivity index is 3.27. The summed E-state index contributed by atoms with van der Waals surface area (Å²) in [6.45, 7) is 5.64. The molecule has 0 aromatic carbocycles. The molecule has 0 fully saturated rings. The Labute approximate surface area is 65.6 Å². The lowest BCUT2D eigenvalue weighted by molar-refractivity contribution is 0.523. The Kier molecular flexibility index (Phi) is 2.66. The van der Waals surface area contributed by atoms with E-state index in [0.717, 1.165) is 17.2 Å². The van der Waals surface area contributed by atoms with Crippen molar-refractivity contribution in [3.05, 3.63) is 29.8 Å². The third-order valence-electron chi connectivity index (χ3n) is 1.29. The summed E-state index contributed by atoms with van der Waals surface area (Å²) >= 11 is 0. The van der Waals surface area contributed by atoms with Gasteiger partial charge in [-0.15, -0.1) is 0 Å². The Morgan fingerprint density at radius 2 is 2.55 bits per heavy atom. The van der Waals surface area contributed by atoms with E-state index in [2.05, 4.69) is 18.5 Å². The third-order valence-corrected chi connectivity index (χ3v) is 1.29. The van der Waals surface area contributed by atoms with Gasteiger partial charge < -0.3 is 4.42 Å². The van der Waals surface area contributed by atoms with Gasteiger partial charge in [0.05, 0.1) is 0 Å². The van der Waals surface area contributed by atoms with Gasteiger partial charge in [-0.25, -0.2) is 4.98 Å². The smallest absolute Gasteiger partial charge is 0.181 e. The Morgan fingerprint density at radius 3 is 3.18 bits per heavy atom. The highest BCUT2D eigenvalue weighted by molar-refractivity contribution is 5.33. The monoisotopic (exact) mass is 149 g/mol. The molecule has 2 heteroatoms. The van der Waals surface area contributed by atoms with Gasteiger partial charge in [-0.2, -0.15) is 0 Å². The molecule has 0 aliphatic heterocycles. The summed E-state index contributed by atoms with van der Waals surface area (Å²) in [4.78, 5) is 4.00. The van der Waals surface area contributed by atoms with Gasteiger partial charge >= 0.3 is 0 Å². The molecule has 0 spiro atoms. The zero-order chi connectivity index (χ0) is 8.10. The van der Waals surface area contributed by atoms with Crippen LogP contribution >= 0.6 is 0 Å². The van der Waals surface area contributed by atoms with Gasteiger partial charge in [-0.1, -0.05) is 19.6 Å². The van der Waals surface area contributed by atoms with E-state index in [-0.39, 0.29) is 0 Å². The maximum atomic E-state index is 5.11. The van der Waals surface area contributed by atoms with E-state index in [0.29, 0.717) is 0 Å². The molecule has 0 aliphatic rings. The van der Waals surface area contributed by atoms with Crippen LogP contribution in [-0.4, -0.2) is 4.98 Å². The van der Waals surface area contributed by atoms with Gasteiger partial charge in [0, 0.05) is 0 Å². The number of oxazole rings is 1. The number of nitrogens with zero attached hydrogens (tertiary/aromatic N) is 1. The van der Waals surface area contributed by atoms with Crippen LogP contribution in [-0.2, 0) is 0 Å². The van der Waals surface area contributed by atoms with Crippen LogP contribution in [0.15, 0.2) is 23.5 Å². The fraction of sp³-hybridized carbons (Fsp3) is 0.222. The summed E-state index contributed by atoms with van der Waals surface area (Å²) in [7, 11) is 0. The van der Waals surface area contributed by atoms with Gasteiger partial charge in [0.25, 0.3) is 0 Å². The van der Waals surface area contributed by atoms with E-state index in [4.69, 9.17) is 4.42 Å². The molecule has 2 nitrogen and oxygen atoms in total. The van der Waals surface area contributed by atoms with Crippen LogP contribution in [0.3, 0.4) is 0 Å². The number of hydrogen-bond acceptors (Lipinski definition) is 2. The highest BCUT2D eigenvalue weighted by atomic mass is 16.3. The van der Waals surface area contributed by atoms with Crippen LogP contribution in [0.2, 0.25) is 0 Å². The second kappa shape index (κ2) is 3.76. The van der Waals surface area contributed by atoms with Crippen LogP contribution in [0, 0.1) is 0 Å². The molecule has 0 radical (unpaired) electrons. The van der Waals surface area contributed by atoms with E-state index in [1.807, 2.05) is 12.2 Å². The first kappa shape index (κ1) is 7.79. The van der Waals surface area contributed by atoms with Gasteiger partial charge in [-0.05, 0) is 18.6 Å². The first-order valence-electron chi connectivity index (χ1n) is 3.61. The van der Waals surface area contributed by atoms with E-state index in [9.17, 15) is 0 Å². The largest absolute Gasteiger partial charge is 0.444 e. The average Bonchev–Trinajstić information content (AvgIpc) is 2.39. The number of rotatable bonds is 2. The number of allylic oxidation sites excluding steroid dienone is 1. The first-order valence-corrected chi connectivity index (χ1v) is 3.61. The van der Waals surface area contributed by atoms with Gasteiger partial charge in [0.1, 0.15) is 5.35 Å². The standard InChI is InChI=1S/C9H11NO/c1-3-5-8-9(6-4-2)11-7-10-8/h3,5-7H,1,4H2,2H3/b8-5+,9-6+. The maximum Gasteiger partial charge on any atom is 0.181 e. The maximum absolute atomic E-state index is 5.11. The highest BCUT2D eigenvalue weighted by Crippen LogP contribution is 1.74. The van der Waals surface area contributed by atoms with Crippen LogP contribution in [0.4, 0.5) is 0 Å². The zero-order valence-electron chi connectivity index (χ0n) is 6.58. The van der Waals surface area contributed by atoms with Crippen molar-refractivity contribution in [2.45, 2.75) is 13.3 Å². The normalized spacial score (nSPS) is 13.9. The van der Waals surface area contributed by atoms with Crippen molar-refractivity contribution >= 4 is 12.2 Å². The molecule has 1 aromatic rings. The van der Waals surface area contributed by atoms with Crippen molar-refractivity contribution in [3.63, 3.8) is 0 Å². The molecule has 0 N–H and O–H groups in total. The van der Waals surface area contributed by atoms with Crippen molar-refractivity contribution in [2.75, 3.05) is 0 Å². The second-order valence-corrected chi connectivity index (χ2v) is 2.12. The topological polar surface area (TPSA) is 26.0 Å². The van der Waals surface area contributed by atoms with Crippen molar-refractivity contribution < 1.29 is 4.42 Å². The molecule has 0 bridgehead atoms. The molecular formula is C9H11NO. The van der Waals surface area contributed by atoms with E-state index in [1.165, 1.54) is 6.39 Å². The van der Waals surface area contributed by atoms with Crippen molar-refractivity contribution in [1.29, 1.82) is 0 Å². The summed E-state index contributed by atoms with van der Waals surface area (Å²) in [6.07, 6.45) is 7.90. The fourth-order valence-electron chi connectivity index (χ4n) is 0.839. The van der Waals surface area contributed by atoms with Crippen LogP contribution in [0.25, 0.3) is 12.2 Å². The number of aromatic nitrogens is 1. The molecular weight excluding hydrogens is 138 g/mol. The molecule has 0 saturated carbocycles. The Bertz CT molecular complexity index is 335. The van der Waals surface area contributed by atoms with Gasteiger partial charge in [0.15, 0.2) is 11.8 Å². The van der Waals surface area contributed by atoms with Gasteiger partial charge in [-0.3, -0.25) is 0 Å². The molecule has 0 unspecified atom stereocenters. The molecule has 0 amide bonds. The third kappa shape index (κ3) is 1.80. The van der Waals surface area contributed by atoms with Crippen LogP contribution < -0.4 is 10.8 Å². The molecule has 58 valence electrons. The molecule has 1 rings (SSSR count). The molecule has 0 atom stereocenters. The lowest BCUT2D eigenvalue weighted by Crippen LogP contribution is -2.21. The first-order chi connectivity index (χ1) is 5.38. The predicted octanol–water partition coefficient (Wildman–Crippen LogP) is 0.832. The minimum Gasteiger partial charge on any atom is -0.444 e. The SMILES string of the molecule is C=C/C=c1/nco/c1=C/CC. The van der Waals surface area contributed by atoms with E-state index in [1.54, 1.807) is 6.08 Å². The van der Waals surface area contributed by atoms with Crippen molar-refractivity contribution in [3.8, 4) is 0 Å². The van der Waals surface area contributed by atoms with Crippen molar-refractivity contribution in [1.82, 2.24) is 4.98 Å². The second-order valence-electron chi connectivity index (χ2n) is 2.12. The van der Waals surface area contributed by atoms with E-state index >= 15 is 0 Å². The Hall–Kier alpha value is -1.31. The van der Waals surface area contributed by atoms with Crippen LogP contribution in [0.1, 0.15) is 13.3 Å². The minimum atomic E-state index is 0.826. The summed E-state index contributed by atoms with van der Waals surface area (Å²) in [5.41, 5.74) is 0.826. The summed E-state index contributed by atoms with van der Waals surface area (Å²) in [5, 5.41) is 0.849. The lowest BCUT2D eigenvalue weighted by Gasteiger charge is -1.74. The average molecular weight is 149 g/mol. The van der Waals surface area contributed by atoms with E-state index < -0.39 is 0 Å². The summed E-state index contributed by atoms with van der Waals surface area (Å²) in [5.74, 6) is 0. The lowest BCUT2D eigenvalue weighted by atomic mass is 10.4. The minimum absolute atomic E-state index is 0.826.